The van der Waals surface area contributed by atoms with Crippen LogP contribution in [0.5, 0.6) is 0 Å². The predicted octanol–water partition coefficient (Wildman–Crippen LogP) is 2.34. The van der Waals surface area contributed by atoms with E-state index in [0.29, 0.717) is 12.1 Å². The van der Waals surface area contributed by atoms with Gasteiger partial charge < -0.3 is 15.4 Å². The monoisotopic (exact) mass is 335 g/mol. The minimum absolute atomic E-state index is 0.215. The van der Waals surface area contributed by atoms with Gasteiger partial charge in [0.2, 0.25) is 0 Å². The predicted molar refractivity (Wildman–Crippen MR) is 98.3 cm³/mol. The Hall–Kier alpha value is -1.56. The quantitative estimate of drug-likeness (QED) is 0.565. The van der Waals surface area contributed by atoms with Gasteiger partial charge in [-0.2, -0.15) is 5.10 Å². The highest BCUT2D eigenvalue weighted by atomic mass is 16.5. The van der Waals surface area contributed by atoms with E-state index in [1.54, 1.807) is 0 Å². The molecule has 1 heterocycles. The van der Waals surface area contributed by atoms with Crippen LogP contribution >= 0.6 is 0 Å². The van der Waals surface area contributed by atoms with E-state index in [2.05, 4.69) is 54.6 Å². The number of nitrogens with zero attached hydrogens (tertiary/aromatic N) is 3. The number of aromatic nitrogens is 2. The van der Waals surface area contributed by atoms with Crippen molar-refractivity contribution in [1.29, 1.82) is 0 Å². The highest BCUT2D eigenvalue weighted by Gasteiger charge is 2.53. The molecule has 0 bridgehead atoms. The number of ether oxygens (including phenoxy) is 1. The van der Waals surface area contributed by atoms with Crippen LogP contribution in [0.1, 0.15) is 45.6 Å². The largest absolute Gasteiger partial charge is 0.378 e. The van der Waals surface area contributed by atoms with Crippen LogP contribution in [0.3, 0.4) is 0 Å². The normalized spacial score (nSPS) is 23.0. The second-order valence-electron chi connectivity index (χ2n) is 6.60. The highest BCUT2D eigenvalue weighted by molar-refractivity contribution is 5.80. The van der Waals surface area contributed by atoms with E-state index in [1.165, 1.54) is 5.56 Å². The summed E-state index contributed by atoms with van der Waals surface area (Å²) in [5.74, 6) is 0.866. The molecule has 6 nitrogen and oxygen atoms in total. The fraction of sp³-hybridized carbons (Fsp3) is 0.778. The maximum atomic E-state index is 5.95. The molecule has 24 heavy (non-hydrogen) atoms. The van der Waals surface area contributed by atoms with Crippen molar-refractivity contribution in [3.05, 3.63) is 18.0 Å². The molecule has 0 spiro atoms. The molecule has 6 heteroatoms. The second-order valence-corrected chi connectivity index (χ2v) is 6.60. The Morgan fingerprint density at radius 3 is 2.71 bits per heavy atom. The van der Waals surface area contributed by atoms with Crippen molar-refractivity contribution < 1.29 is 4.74 Å². The number of nitrogens with one attached hydrogen (secondary N) is 2. The van der Waals surface area contributed by atoms with E-state index in [1.807, 2.05) is 17.9 Å². The number of aliphatic imine (C=N–C) groups is 1. The van der Waals surface area contributed by atoms with E-state index >= 15 is 0 Å². The van der Waals surface area contributed by atoms with Gasteiger partial charge in [0.15, 0.2) is 5.96 Å². The minimum Gasteiger partial charge on any atom is -0.378 e. The van der Waals surface area contributed by atoms with Gasteiger partial charge in [-0.25, -0.2) is 0 Å². The van der Waals surface area contributed by atoms with Gasteiger partial charge in [-0.05, 0) is 38.7 Å². The summed E-state index contributed by atoms with van der Waals surface area (Å²) in [6.07, 6.45) is 7.58. The van der Waals surface area contributed by atoms with Crippen LogP contribution in [0, 0.1) is 12.3 Å². The van der Waals surface area contributed by atoms with Crippen LogP contribution in [-0.2, 0) is 11.3 Å². The summed E-state index contributed by atoms with van der Waals surface area (Å²) >= 11 is 0. The van der Waals surface area contributed by atoms with Crippen molar-refractivity contribution in [3.8, 4) is 0 Å². The van der Waals surface area contributed by atoms with Gasteiger partial charge in [-0.3, -0.25) is 9.67 Å². The maximum absolute atomic E-state index is 5.95. The molecule has 1 aromatic rings. The van der Waals surface area contributed by atoms with Crippen molar-refractivity contribution in [2.45, 2.75) is 65.6 Å². The summed E-state index contributed by atoms with van der Waals surface area (Å²) in [6, 6.07) is 0.419. The molecule has 1 aliphatic rings. The average Bonchev–Trinajstić information content (AvgIpc) is 2.99. The SMILES string of the molecule is CCOC1CC(NC(=NC)NCCn2cc(C)cn2)C1(CC)CC. The summed E-state index contributed by atoms with van der Waals surface area (Å²) in [5.41, 5.74) is 1.40. The molecule has 2 N–H and O–H groups in total. The smallest absolute Gasteiger partial charge is 0.191 e. The molecule has 0 aromatic carbocycles. The third-order valence-electron chi connectivity index (χ3n) is 5.40. The van der Waals surface area contributed by atoms with E-state index in [-0.39, 0.29) is 5.41 Å². The molecule has 1 saturated carbocycles. The molecule has 2 rings (SSSR count). The van der Waals surface area contributed by atoms with Crippen LogP contribution in [0.15, 0.2) is 17.4 Å². The first-order chi connectivity index (χ1) is 11.6. The van der Waals surface area contributed by atoms with Crippen molar-refractivity contribution >= 4 is 5.96 Å². The Bertz CT molecular complexity index is 535. The lowest BCUT2D eigenvalue weighted by atomic mass is 9.58. The second kappa shape index (κ2) is 8.51. The lowest BCUT2D eigenvalue weighted by molar-refractivity contribution is -0.133. The Labute approximate surface area is 146 Å². The molecule has 2 atom stereocenters. The first kappa shape index (κ1) is 18.8. The Kier molecular flexibility index (Phi) is 6.66. The molecule has 1 aliphatic carbocycles. The van der Waals surface area contributed by atoms with E-state index < -0.39 is 0 Å². The van der Waals surface area contributed by atoms with Gasteiger partial charge in [0.25, 0.3) is 0 Å². The molecule has 0 amide bonds. The molecule has 0 saturated heterocycles. The van der Waals surface area contributed by atoms with E-state index in [4.69, 9.17) is 4.74 Å². The molecular weight excluding hydrogens is 302 g/mol. The van der Waals surface area contributed by atoms with Crippen molar-refractivity contribution in [1.82, 2.24) is 20.4 Å². The van der Waals surface area contributed by atoms with Gasteiger partial charge in [-0.15, -0.1) is 0 Å². The van der Waals surface area contributed by atoms with Gasteiger partial charge in [0.05, 0.1) is 18.8 Å². The Balaban J connectivity index is 1.86. The number of hydrogen-bond acceptors (Lipinski definition) is 3. The maximum Gasteiger partial charge on any atom is 0.191 e. The lowest BCUT2D eigenvalue weighted by Crippen LogP contribution is -2.65. The standard InChI is InChI=1S/C18H33N5O/c1-6-18(7-2)15(11-16(18)24-8-3)22-17(19-5)20-9-10-23-13-14(4)12-21-23/h12-13,15-16H,6-11H2,1-5H3,(H2,19,20,22). The minimum atomic E-state index is 0.215. The van der Waals surface area contributed by atoms with Crippen LogP contribution in [0.4, 0.5) is 0 Å². The van der Waals surface area contributed by atoms with Crippen LogP contribution in [-0.4, -0.2) is 48.1 Å². The topological polar surface area (TPSA) is 63.5 Å². The molecule has 0 aliphatic heterocycles. The van der Waals surface area contributed by atoms with Crippen molar-refractivity contribution in [2.75, 3.05) is 20.2 Å². The first-order valence-electron chi connectivity index (χ1n) is 9.17. The van der Waals surface area contributed by atoms with Crippen LogP contribution in [0.2, 0.25) is 0 Å². The van der Waals surface area contributed by atoms with Crippen molar-refractivity contribution in [3.63, 3.8) is 0 Å². The third-order valence-corrected chi connectivity index (χ3v) is 5.40. The summed E-state index contributed by atoms with van der Waals surface area (Å²) in [5, 5.41) is 11.3. The van der Waals surface area contributed by atoms with Crippen LogP contribution in [0.25, 0.3) is 0 Å². The fourth-order valence-electron chi connectivity index (χ4n) is 3.82. The molecule has 1 fully saturated rings. The molecule has 0 radical (unpaired) electrons. The lowest BCUT2D eigenvalue weighted by Gasteiger charge is -2.55. The highest BCUT2D eigenvalue weighted by Crippen LogP contribution is 2.48. The Morgan fingerprint density at radius 2 is 2.17 bits per heavy atom. The average molecular weight is 335 g/mol. The van der Waals surface area contributed by atoms with Gasteiger partial charge in [-0.1, -0.05) is 13.8 Å². The molecule has 136 valence electrons. The van der Waals surface area contributed by atoms with E-state index in [0.717, 1.165) is 44.9 Å². The molecule has 1 aromatic heterocycles. The first-order valence-corrected chi connectivity index (χ1v) is 9.17. The van der Waals surface area contributed by atoms with Crippen molar-refractivity contribution in [2.24, 2.45) is 10.4 Å². The zero-order valence-electron chi connectivity index (χ0n) is 15.8. The van der Waals surface area contributed by atoms with Crippen LogP contribution < -0.4 is 10.6 Å². The van der Waals surface area contributed by atoms with Gasteiger partial charge in [0.1, 0.15) is 0 Å². The zero-order chi connectivity index (χ0) is 17.6. The summed E-state index contributed by atoms with van der Waals surface area (Å²) in [7, 11) is 1.83. The van der Waals surface area contributed by atoms with E-state index in [9.17, 15) is 0 Å². The summed E-state index contributed by atoms with van der Waals surface area (Å²) in [4.78, 5) is 4.38. The zero-order valence-corrected chi connectivity index (χ0v) is 15.8. The van der Waals surface area contributed by atoms with Gasteiger partial charge >= 0.3 is 0 Å². The third kappa shape index (κ3) is 3.91. The van der Waals surface area contributed by atoms with Gasteiger partial charge in [0, 0.05) is 37.9 Å². The number of guanidine groups is 1. The molecule has 2 unspecified atom stereocenters. The fourth-order valence-corrected chi connectivity index (χ4v) is 3.82. The summed E-state index contributed by atoms with van der Waals surface area (Å²) < 4.78 is 7.90. The number of hydrogen-bond donors (Lipinski definition) is 2. The molecular formula is C18H33N5O. The Morgan fingerprint density at radius 1 is 1.42 bits per heavy atom. The number of aryl methyl sites for hydroxylation is 1. The number of rotatable bonds is 8. The summed E-state index contributed by atoms with van der Waals surface area (Å²) in [6.45, 7) is 11.1.